The highest BCUT2D eigenvalue weighted by Gasteiger charge is 2.01. The van der Waals surface area contributed by atoms with Crippen molar-refractivity contribution in [3.8, 4) is 5.95 Å². The van der Waals surface area contributed by atoms with Crippen LogP contribution in [-0.4, -0.2) is 19.7 Å². The second kappa shape index (κ2) is 3.65. The maximum Gasteiger partial charge on any atom is 0.344 e. The van der Waals surface area contributed by atoms with Gasteiger partial charge >= 0.3 is 5.97 Å². The van der Waals surface area contributed by atoms with Crippen molar-refractivity contribution in [3.05, 3.63) is 18.4 Å². The first-order valence-corrected chi connectivity index (χ1v) is 3.06. The van der Waals surface area contributed by atoms with Crippen LogP contribution >= 0.6 is 0 Å². The molecule has 0 aliphatic rings. The predicted molar refractivity (Wildman–Crippen MR) is 36.2 cm³/mol. The first-order chi connectivity index (χ1) is 5.33. The molecule has 0 amide bonds. The molecule has 4 heteroatoms. The van der Waals surface area contributed by atoms with Gasteiger partial charge in [-0.1, -0.05) is 0 Å². The van der Waals surface area contributed by atoms with Crippen LogP contribution in [0.3, 0.4) is 0 Å². The van der Waals surface area contributed by atoms with Crippen LogP contribution in [0.2, 0.25) is 0 Å². The number of ether oxygens (including phenoxy) is 2. The van der Waals surface area contributed by atoms with Gasteiger partial charge in [0.25, 0.3) is 5.95 Å². The molecule has 0 bridgehead atoms. The van der Waals surface area contributed by atoms with Gasteiger partial charge in [-0.2, -0.15) is 0 Å². The Morgan fingerprint density at radius 1 is 1.73 bits per heavy atom. The van der Waals surface area contributed by atoms with E-state index in [0.717, 1.165) is 0 Å². The summed E-state index contributed by atoms with van der Waals surface area (Å²) in [4.78, 5) is 10.5. The van der Waals surface area contributed by atoms with Crippen molar-refractivity contribution >= 4 is 5.97 Å². The Balaban J connectivity index is 2.29. The summed E-state index contributed by atoms with van der Waals surface area (Å²) in [5.74, 6) is -0.114. The Labute approximate surface area is 63.7 Å². The van der Waals surface area contributed by atoms with Crippen LogP contribution in [-0.2, 0) is 9.53 Å². The highest BCUT2D eigenvalue weighted by atomic mass is 16.6. The molecule has 0 saturated carbocycles. The summed E-state index contributed by atoms with van der Waals surface area (Å²) in [5.41, 5.74) is 0. The van der Waals surface area contributed by atoms with Crippen LogP contribution in [0.1, 0.15) is 0 Å². The Morgan fingerprint density at radius 2 is 2.55 bits per heavy atom. The van der Waals surface area contributed by atoms with Crippen LogP contribution in [0.4, 0.5) is 0 Å². The Bertz CT molecular complexity index is 214. The van der Waals surface area contributed by atoms with Crippen LogP contribution in [0, 0.1) is 0 Å². The molecule has 0 radical (unpaired) electrons. The van der Waals surface area contributed by atoms with Crippen LogP contribution in [0.15, 0.2) is 22.8 Å². The maximum atomic E-state index is 10.5. The summed E-state index contributed by atoms with van der Waals surface area (Å²) in [7, 11) is 1.30. The van der Waals surface area contributed by atoms with E-state index in [1.807, 2.05) is 0 Å². The van der Waals surface area contributed by atoms with Crippen molar-refractivity contribution in [1.82, 2.24) is 0 Å². The number of hydrogen-bond donors (Lipinski definition) is 0. The average Bonchev–Trinajstić information content (AvgIpc) is 2.52. The third-order valence-corrected chi connectivity index (χ3v) is 1.06. The van der Waals surface area contributed by atoms with Gasteiger partial charge < -0.3 is 13.9 Å². The molecule has 4 nitrogen and oxygen atoms in total. The van der Waals surface area contributed by atoms with Crippen LogP contribution in [0.5, 0.6) is 5.95 Å². The van der Waals surface area contributed by atoms with Gasteiger partial charge in [-0.15, -0.1) is 0 Å². The number of methoxy groups -OCH3 is 1. The van der Waals surface area contributed by atoms with E-state index < -0.39 is 5.97 Å². The predicted octanol–water partition coefficient (Wildman–Crippen LogP) is 0.831. The molecule has 1 heterocycles. The molecule has 1 aromatic rings. The lowest BCUT2D eigenvalue weighted by atomic mass is 10.6. The molecular formula is C7H8O4. The molecule has 0 saturated heterocycles. The molecule has 0 fully saturated rings. The zero-order valence-electron chi connectivity index (χ0n) is 6.07. The molecule has 0 aliphatic carbocycles. The number of hydrogen-bond acceptors (Lipinski definition) is 4. The van der Waals surface area contributed by atoms with Gasteiger partial charge in [-0.05, 0) is 6.07 Å². The number of rotatable bonds is 3. The molecule has 0 aromatic carbocycles. The van der Waals surface area contributed by atoms with Crippen LogP contribution in [0.25, 0.3) is 0 Å². The zero-order valence-corrected chi connectivity index (χ0v) is 6.07. The SMILES string of the molecule is COC(=O)COc1ccco1. The largest absolute Gasteiger partial charge is 0.466 e. The van der Waals surface area contributed by atoms with E-state index in [0.29, 0.717) is 5.95 Å². The van der Waals surface area contributed by atoms with Gasteiger partial charge in [-0.3, -0.25) is 0 Å². The minimum Gasteiger partial charge on any atom is -0.466 e. The third kappa shape index (κ3) is 2.33. The molecular weight excluding hydrogens is 148 g/mol. The second-order valence-electron chi connectivity index (χ2n) is 1.80. The van der Waals surface area contributed by atoms with Gasteiger partial charge in [-0.25, -0.2) is 4.79 Å². The average molecular weight is 156 g/mol. The number of esters is 1. The number of carbonyl (C=O) groups is 1. The van der Waals surface area contributed by atoms with Gasteiger partial charge in [0.1, 0.15) is 0 Å². The first-order valence-electron chi connectivity index (χ1n) is 3.06. The molecule has 0 atom stereocenters. The summed E-state index contributed by atoms with van der Waals surface area (Å²) >= 11 is 0. The van der Waals surface area contributed by atoms with Crippen LogP contribution < -0.4 is 4.74 Å². The Morgan fingerprint density at radius 3 is 3.09 bits per heavy atom. The van der Waals surface area contributed by atoms with Gasteiger partial charge in [0.2, 0.25) is 0 Å². The topological polar surface area (TPSA) is 48.7 Å². The minimum absolute atomic E-state index is 0.121. The lowest BCUT2D eigenvalue weighted by Gasteiger charge is -1.98. The minimum atomic E-state index is -0.429. The summed E-state index contributed by atoms with van der Waals surface area (Å²) in [6.45, 7) is -0.121. The van der Waals surface area contributed by atoms with Crippen molar-refractivity contribution in [3.63, 3.8) is 0 Å². The first kappa shape index (κ1) is 7.65. The molecule has 0 aliphatic heterocycles. The lowest BCUT2D eigenvalue weighted by molar-refractivity contribution is -0.143. The van der Waals surface area contributed by atoms with E-state index in [1.54, 1.807) is 12.1 Å². The van der Waals surface area contributed by atoms with Crippen molar-refractivity contribution in [2.45, 2.75) is 0 Å². The zero-order chi connectivity index (χ0) is 8.10. The molecule has 1 rings (SSSR count). The normalized spacial score (nSPS) is 9.18. The molecule has 0 N–H and O–H groups in total. The number of carbonyl (C=O) groups excluding carboxylic acids is 1. The quantitative estimate of drug-likeness (QED) is 0.608. The van der Waals surface area contributed by atoms with E-state index in [-0.39, 0.29) is 6.61 Å². The van der Waals surface area contributed by atoms with Gasteiger partial charge in [0.15, 0.2) is 6.61 Å². The lowest BCUT2D eigenvalue weighted by Crippen LogP contribution is -2.11. The Kier molecular flexibility index (Phi) is 2.54. The van der Waals surface area contributed by atoms with Gasteiger partial charge in [0.05, 0.1) is 13.4 Å². The van der Waals surface area contributed by atoms with Crippen molar-refractivity contribution in [2.24, 2.45) is 0 Å². The smallest absolute Gasteiger partial charge is 0.344 e. The monoisotopic (exact) mass is 156 g/mol. The number of furan rings is 1. The van der Waals surface area contributed by atoms with Gasteiger partial charge in [0, 0.05) is 6.07 Å². The molecule has 60 valence electrons. The van der Waals surface area contributed by atoms with E-state index in [1.165, 1.54) is 13.4 Å². The summed E-state index contributed by atoms with van der Waals surface area (Å²) in [6, 6.07) is 3.29. The summed E-state index contributed by atoms with van der Waals surface area (Å²) in [5, 5.41) is 0. The standard InChI is InChI=1S/C7H8O4/c1-9-6(8)5-11-7-3-2-4-10-7/h2-4H,5H2,1H3. The Hall–Kier alpha value is -1.45. The molecule has 0 spiro atoms. The van der Waals surface area contributed by atoms with E-state index in [9.17, 15) is 4.79 Å². The fourth-order valence-electron chi connectivity index (χ4n) is 0.535. The van der Waals surface area contributed by atoms with Crippen molar-refractivity contribution in [1.29, 1.82) is 0 Å². The van der Waals surface area contributed by atoms with E-state index in [4.69, 9.17) is 9.15 Å². The second-order valence-corrected chi connectivity index (χ2v) is 1.80. The third-order valence-electron chi connectivity index (χ3n) is 1.06. The fraction of sp³-hybridized carbons (Fsp3) is 0.286. The molecule has 0 unspecified atom stereocenters. The van der Waals surface area contributed by atoms with Crippen molar-refractivity contribution in [2.75, 3.05) is 13.7 Å². The highest BCUT2D eigenvalue weighted by molar-refractivity contribution is 5.70. The molecule has 1 aromatic heterocycles. The van der Waals surface area contributed by atoms with E-state index in [2.05, 4.69) is 4.74 Å². The molecule has 11 heavy (non-hydrogen) atoms. The van der Waals surface area contributed by atoms with Crippen molar-refractivity contribution < 1.29 is 18.7 Å². The van der Waals surface area contributed by atoms with E-state index >= 15 is 0 Å². The summed E-state index contributed by atoms with van der Waals surface area (Å²) < 4.78 is 14.0. The fourth-order valence-corrected chi connectivity index (χ4v) is 0.535. The maximum absolute atomic E-state index is 10.5. The highest BCUT2D eigenvalue weighted by Crippen LogP contribution is 2.09. The summed E-state index contributed by atoms with van der Waals surface area (Å²) in [6.07, 6.45) is 1.46.